The SMILES string of the molecule is O=C(Cl)CCOc1ccc2oc3cc(Cl)ccc3c2c1. The molecule has 0 amide bonds. The van der Waals surface area contributed by atoms with Gasteiger partial charge in [-0.2, -0.15) is 0 Å². The number of fused-ring (bicyclic) bond motifs is 3. The van der Waals surface area contributed by atoms with E-state index in [4.69, 9.17) is 32.4 Å². The molecule has 0 atom stereocenters. The largest absolute Gasteiger partial charge is 0.493 e. The van der Waals surface area contributed by atoms with Gasteiger partial charge in [-0.05, 0) is 41.9 Å². The van der Waals surface area contributed by atoms with Gasteiger partial charge in [0.15, 0.2) is 0 Å². The zero-order valence-corrected chi connectivity index (χ0v) is 11.9. The van der Waals surface area contributed by atoms with Gasteiger partial charge in [-0.15, -0.1) is 0 Å². The molecule has 3 aromatic rings. The van der Waals surface area contributed by atoms with E-state index < -0.39 is 5.24 Å². The maximum atomic E-state index is 10.7. The lowest BCUT2D eigenvalue weighted by molar-refractivity contribution is -0.112. The van der Waals surface area contributed by atoms with Crippen LogP contribution in [-0.4, -0.2) is 11.8 Å². The van der Waals surface area contributed by atoms with E-state index in [2.05, 4.69) is 0 Å². The van der Waals surface area contributed by atoms with Crippen LogP contribution in [0.25, 0.3) is 21.9 Å². The molecular formula is C15H10Cl2O3. The van der Waals surface area contributed by atoms with Crippen LogP contribution in [0, 0.1) is 0 Å². The molecule has 0 saturated carbocycles. The number of hydrogen-bond acceptors (Lipinski definition) is 3. The number of ether oxygens (including phenoxy) is 1. The molecule has 3 nitrogen and oxygen atoms in total. The molecule has 1 aromatic heterocycles. The lowest BCUT2D eigenvalue weighted by Crippen LogP contribution is -2.00. The molecule has 0 bridgehead atoms. The van der Waals surface area contributed by atoms with Crippen molar-refractivity contribution in [3.8, 4) is 5.75 Å². The van der Waals surface area contributed by atoms with Gasteiger partial charge in [-0.25, -0.2) is 0 Å². The quantitative estimate of drug-likeness (QED) is 0.651. The molecule has 0 aliphatic carbocycles. The molecule has 20 heavy (non-hydrogen) atoms. The van der Waals surface area contributed by atoms with Crippen LogP contribution in [0.5, 0.6) is 5.75 Å². The van der Waals surface area contributed by atoms with Crippen molar-refractivity contribution in [1.29, 1.82) is 0 Å². The second kappa shape index (κ2) is 5.35. The predicted octanol–water partition coefficient (Wildman–Crippen LogP) is 4.77. The summed E-state index contributed by atoms with van der Waals surface area (Å²) in [6.45, 7) is 0.259. The van der Waals surface area contributed by atoms with E-state index >= 15 is 0 Å². The first-order valence-corrected chi connectivity index (χ1v) is 6.82. The molecule has 0 radical (unpaired) electrons. The summed E-state index contributed by atoms with van der Waals surface area (Å²) in [6, 6.07) is 11.0. The van der Waals surface area contributed by atoms with Crippen molar-refractivity contribution in [2.24, 2.45) is 0 Å². The minimum atomic E-state index is -0.408. The summed E-state index contributed by atoms with van der Waals surface area (Å²) in [6.07, 6.45) is 0.182. The Morgan fingerprint density at radius 1 is 1.10 bits per heavy atom. The van der Waals surface area contributed by atoms with E-state index in [0.29, 0.717) is 10.8 Å². The highest BCUT2D eigenvalue weighted by Crippen LogP contribution is 2.32. The zero-order chi connectivity index (χ0) is 14.1. The van der Waals surface area contributed by atoms with Crippen LogP contribution >= 0.6 is 23.2 Å². The van der Waals surface area contributed by atoms with Gasteiger partial charge in [-0.1, -0.05) is 11.6 Å². The first-order chi connectivity index (χ1) is 9.63. The average Bonchev–Trinajstić information content (AvgIpc) is 2.75. The molecule has 0 aliphatic heterocycles. The van der Waals surface area contributed by atoms with Gasteiger partial charge in [-0.3, -0.25) is 4.79 Å². The van der Waals surface area contributed by atoms with Crippen molar-refractivity contribution in [3.63, 3.8) is 0 Å². The fraction of sp³-hybridized carbons (Fsp3) is 0.133. The van der Waals surface area contributed by atoms with Gasteiger partial charge >= 0.3 is 0 Å². The fourth-order valence-electron chi connectivity index (χ4n) is 2.07. The smallest absolute Gasteiger partial charge is 0.225 e. The van der Waals surface area contributed by atoms with E-state index in [0.717, 1.165) is 21.9 Å². The average molecular weight is 309 g/mol. The van der Waals surface area contributed by atoms with Crippen molar-refractivity contribution in [2.75, 3.05) is 6.61 Å². The summed E-state index contributed by atoms with van der Waals surface area (Å²) < 4.78 is 11.2. The van der Waals surface area contributed by atoms with Gasteiger partial charge in [0.25, 0.3) is 0 Å². The minimum absolute atomic E-state index is 0.182. The molecule has 2 aromatic carbocycles. The Labute approximate surface area is 125 Å². The van der Waals surface area contributed by atoms with Crippen LogP contribution < -0.4 is 4.74 Å². The minimum Gasteiger partial charge on any atom is -0.493 e. The summed E-state index contributed by atoms with van der Waals surface area (Å²) in [4.78, 5) is 10.7. The van der Waals surface area contributed by atoms with Crippen molar-refractivity contribution in [3.05, 3.63) is 41.4 Å². The van der Waals surface area contributed by atoms with Crippen LogP contribution in [0.4, 0.5) is 0 Å². The molecule has 0 aliphatic rings. The standard InChI is InChI=1S/C15H10Cl2O3/c16-9-1-3-11-12-8-10(19-6-5-15(17)18)2-4-13(12)20-14(11)7-9/h1-4,7-8H,5-6H2. The molecule has 0 spiro atoms. The summed E-state index contributed by atoms with van der Waals surface area (Å²) in [7, 11) is 0. The third kappa shape index (κ3) is 2.60. The molecule has 0 N–H and O–H groups in total. The van der Waals surface area contributed by atoms with Gasteiger partial charge in [0.2, 0.25) is 5.24 Å². The molecule has 0 saturated heterocycles. The lowest BCUT2D eigenvalue weighted by Gasteiger charge is -2.03. The lowest BCUT2D eigenvalue weighted by atomic mass is 10.1. The number of hydrogen-bond donors (Lipinski definition) is 0. The molecular weight excluding hydrogens is 299 g/mol. The molecule has 5 heteroatoms. The Morgan fingerprint density at radius 3 is 2.75 bits per heavy atom. The van der Waals surface area contributed by atoms with Gasteiger partial charge < -0.3 is 9.15 Å². The normalized spacial score (nSPS) is 11.1. The maximum Gasteiger partial charge on any atom is 0.225 e. The van der Waals surface area contributed by atoms with E-state index in [1.807, 2.05) is 24.3 Å². The highest BCUT2D eigenvalue weighted by molar-refractivity contribution is 6.63. The molecule has 1 heterocycles. The monoisotopic (exact) mass is 308 g/mol. The molecule has 102 valence electrons. The van der Waals surface area contributed by atoms with Crippen molar-refractivity contribution >= 4 is 50.4 Å². The van der Waals surface area contributed by atoms with Crippen LogP contribution in [-0.2, 0) is 4.79 Å². The summed E-state index contributed by atoms with van der Waals surface area (Å²) in [5.74, 6) is 0.674. The highest BCUT2D eigenvalue weighted by atomic mass is 35.5. The third-order valence-corrected chi connectivity index (χ3v) is 3.40. The number of halogens is 2. The number of furan rings is 1. The van der Waals surface area contributed by atoms with Crippen molar-refractivity contribution in [1.82, 2.24) is 0 Å². The maximum absolute atomic E-state index is 10.7. The summed E-state index contributed by atoms with van der Waals surface area (Å²) >= 11 is 11.2. The first kappa shape index (κ1) is 13.3. The highest BCUT2D eigenvalue weighted by Gasteiger charge is 2.08. The second-order valence-corrected chi connectivity index (χ2v) is 5.21. The van der Waals surface area contributed by atoms with Crippen LogP contribution in [0.3, 0.4) is 0 Å². The van der Waals surface area contributed by atoms with Gasteiger partial charge in [0.1, 0.15) is 16.9 Å². The summed E-state index contributed by atoms with van der Waals surface area (Å²) in [5, 5.41) is 2.15. The predicted molar refractivity (Wildman–Crippen MR) is 79.7 cm³/mol. The van der Waals surface area contributed by atoms with Crippen LogP contribution in [0.15, 0.2) is 40.8 Å². The fourth-order valence-corrected chi connectivity index (χ4v) is 2.31. The third-order valence-electron chi connectivity index (χ3n) is 2.97. The Hall–Kier alpha value is -1.71. The second-order valence-electron chi connectivity index (χ2n) is 4.35. The number of benzene rings is 2. The summed E-state index contributed by atoms with van der Waals surface area (Å²) in [5.41, 5.74) is 1.50. The Morgan fingerprint density at radius 2 is 1.95 bits per heavy atom. The Bertz CT molecular complexity index is 792. The molecule has 3 rings (SSSR count). The van der Waals surface area contributed by atoms with Crippen LogP contribution in [0.2, 0.25) is 5.02 Å². The molecule has 0 fully saturated rings. The Balaban J connectivity index is 1.97. The van der Waals surface area contributed by atoms with E-state index in [-0.39, 0.29) is 13.0 Å². The van der Waals surface area contributed by atoms with Crippen LogP contribution in [0.1, 0.15) is 6.42 Å². The topological polar surface area (TPSA) is 39.4 Å². The number of carbonyl (C=O) groups is 1. The Kier molecular flexibility index (Phi) is 3.55. The van der Waals surface area contributed by atoms with E-state index in [9.17, 15) is 4.79 Å². The van der Waals surface area contributed by atoms with Crippen molar-refractivity contribution < 1.29 is 13.9 Å². The number of carbonyl (C=O) groups excluding carboxylic acids is 1. The van der Waals surface area contributed by atoms with Gasteiger partial charge in [0.05, 0.1) is 13.0 Å². The van der Waals surface area contributed by atoms with Gasteiger partial charge in [0, 0.05) is 21.9 Å². The van der Waals surface area contributed by atoms with E-state index in [1.54, 1.807) is 12.1 Å². The first-order valence-electron chi connectivity index (χ1n) is 6.06. The van der Waals surface area contributed by atoms with Crippen molar-refractivity contribution in [2.45, 2.75) is 6.42 Å². The zero-order valence-electron chi connectivity index (χ0n) is 10.4. The van der Waals surface area contributed by atoms with E-state index in [1.165, 1.54) is 0 Å². The molecule has 0 unspecified atom stereocenters. The number of rotatable bonds is 4.